The Morgan fingerprint density at radius 2 is 2.00 bits per heavy atom. The van der Waals surface area contributed by atoms with Crippen molar-refractivity contribution in [1.29, 1.82) is 0 Å². The van der Waals surface area contributed by atoms with Crippen LogP contribution in [-0.2, 0) is 9.59 Å². The lowest BCUT2D eigenvalue weighted by molar-refractivity contribution is -0.124. The number of aliphatic hydroxyl groups excluding tert-OH is 1. The highest BCUT2D eigenvalue weighted by Crippen LogP contribution is 2.01. The fourth-order valence-corrected chi connectivity index (χ4v) is 1.49. The number of aliphatic hydroxyl groups is 1. The maximum absolute atomic E-state index is 11.5. The van der Waals surface area contributed by atoms with E-state index >= 15 is 0 Å². The number of imide groups is 1. The Balaban J connectivity index is 2.06. The monoisotopic (exact) mass is 256 g/mol. The summed E-state index contributed by atoms with van der Waals surface area (Å²) in [5, 5.41) is 20.6. The summed E-state index contributed by atoms with van der Waals surface area (Å²) < 4.78 is 0. The summed E-state index contributed by atoms with van der Waals surface area (Å²) in [5.41, 5.74) is 5.59. The van der Waals surface area contributed by atoms with Gasteiger partial charge in [-0.25, -0.2) is 4.79 Å². The Bertz CT molecular complexity index is 435. The van der Waals surface area contributed by atoms with E-state index in [4.69, 9.17) is 10.8 Å². The predicted molar refractivity (Wildman–Crippen MR) is 56.9 cm³/mol. The molecule has 0 bridgehead atoms. The SMILES string of the molecule is NC1C(=O)NC(=O)NC1NC1=CNC(O)NC1=O. The van der Waals surface area contributed by atoms with Crippen LogP contribution >= 0.6 is 0 Å². The Labute approximate surface area is 101 Å². The summed E-state index contributed by atoms with van der Waals surface area (Å²) in [6.45, 7) is 0. The highest BCUT2D eigenvalue weighted by molar-refractivity contribution is 6.00. The van der Waals surface area contributed by atoms with Gasteiger partial charge in [-0.1, -0.05) is 0 Å². The molecule has 2 aliphatic heterocycles. The van der Waals surface area contributed by atoms with Crippen molar-refractivity contribution in [2.75, 3.05) is 0 Å². The first-order valence-electron chi connectivity index (χ1n) is 5.06. The normalized spacial score (nSPS) is 31.6. The quantitative estimate of drug-likeness (QED) is 0.264. The van der Waals surface area contributed by atoms with Gasteiger partial charge in [0.05, 0.1) is 0 Å². The molecular weight excluding hydrogens is 244 g/mol. The lowest BCUT2D eigenvalue weighted by Gasteiger charge is -2.31. The van der Waals surface area contributed by atoms with Gasteiger partial charge in [-0.05, 0) is 0 Å². The van der Waals surface area contributed by atoms with Crippen LogP contribution in [0.25, 0.3) is 0 Å². The smallest absolute Gasteiger partial charge is 0.323 e. The predicted octanol–water partition coefficient (Wildman–Crippen LogP) is -4.09. The van der Waals surface area contributed by atoms with Crippen molar-refractivity contribution in [2.24, 2.45) is 5.73 Å². The molecule has 4 amide bonds. The molecule has 98 valence electrons. The summed E-state index contributed by atoms with van der Waals surface area (Å²) in [6.07, 6.45) is -0.879. The molecule has 0 saturated carbocycles. The molecule has 8 N–H and O–H groups in total. The lowest BCUT2D eigenvalue weighted by atomic mass is 10.2. The van der Waals surface area contributed by atoms with Crippen molar-refractivity contribution >= 4 is 17.8 Å². The average molecular weight is 256 g/mol. The van der Waals surface area contributed by atoms with Crippen LogP contribution < -0.4 is 32.3 Å². The van der Waals surface area contributed by atoms with E-state index in [1.807, 2.05) is 5.32 Å². The van der Waals surface area contributed by atoms with E-state index < -0.39 is 36.4 Å². The highest BCUT2D eigenvalue weighted by Gasteiger charge is 2.34. The molecule has 1 saturated heterocycles. The molecule has 2 aliphatic rings. The van der Waals surface area contributed by atoms with Crippen LogP contribution in [0.15, 0.2) is 11.9 Å². The molecule has 10 heteroatoms. The molecule has 18 heavy (non-hydrogen) atoms. The third kappa shape index (κ3) is 2.33. The van der Waals surface area contributed by atoms with Gasteiger partial charge in [-0.3, -0.25) is 14.9 Å². The molecular formula is C8H12N6O4. The first-order chi connectivity index (χ1) is 8.47. The van der Waals surface area contributed by atoms with E-state index in [9.17, 15) is 14.4 Å². The molecule has 0 aromatic rings. The molecule has 0 aliphatic carbocycles. The summed E-state index contributed by atoms with van der Waals surface area (Å²) in [4.78, 5) is 33.8. The Morgan fingerprint density at radius 1 is 1.28 bits per heavy atom. The number of hydrogen-bond acceptors (Lipinski definition) is 7. The average Bonchev–Trinajstić information content (AvgIpc) is 2.29. The second kappa shape index (κ2) is 4.50. The van der Waals surface area contributed by atoms with Crippen LogP contribution in [0.1, 0.15) is 0 Å². The first kappa shape index (κ1) is 12.1. The molecule has 0 aromatic heterocycles. The number of carbonyl (C=O) groups excluding carboxylic acids is 3. The summed E-state index contributed by atoms with van der Waals surface area (Å²) >= 11 is 0. The van der Waals surface area contributed by atoms with Crippen LogP contribution in [0.3, 0.4) is 0 Å². The van der Waals surface area contributed by atoms with Crippen molar-refractivity contribution in [3.05, 3.63) is 11.9 Å². The number of urea groups is 1. The van der Waals surface area contributed by atoms with Crippen molar-refractivity contribution in [3.63, 3.8) is 0 Å². The number of rotatable bonds is 2. The molecule has 1 fully saturated rings. The molecule has 3 unspecified atom stereocenters. The zero-order chi connectivity index (χ0) is 13.3. The number of nitrogens with one attached hydrogen (secondary N) is 5. The molecule has 2 rings (SSSR count). The highest BCUT2D eigenvalue weighted by atomic mass is 16.3. The maximum atomic E-state index is 11.5. The van der Waals surface area contributed by atoms with Gasteiger partial charge in [0.1, 0.15) is 17.9 Å². The number of amides is 4. The number of hydrogen-bond donors (Lipinski definition) is 7. The van der Waals surface area contributed by atoms with E-state index in [1.165, 1.54) is 6.20 Å². The Morgan fingerprint density at radius 3 is 2.67 bits per heavy atom. The van der Waals surface area contributed by atoms with Crippen molar-refractivity contribution in [3.8, 4) is 0 Å². The largest absolute Gasteiger partial charge is 0.358 e. The van der Waals surface area contributed by atoms with Gasteiger partial charge in [0.2, 0.25) is 12.3 Å². The minimum atomic E-state index is -1.18. The van der Waals surface area contributed by atoms with E-state index in [-0.39, 0.29) is 5.70 Å². The van der Waals surface area contributed by atoms with Gasteiger partial charge in [-0.15, -0.1) is 0 Å². The Kier molecular flexibility index (Phi) is 3.04. The van der Waals surface area contributed by atoms with E-state index in [0.29, 0.717) is 0 Å². The van der Waals surface area contributed by atoms with Gasteiger partial charge in [0.25, 0.3) is 5.91 Å². The minimum absolute atomic E-state index is 0.0377. The number of nitrogens with two attached hydrogens (primary N) is 1. The van der Waals surface area contributed by atoms with Crippen LogP contribution in [0.2, 0.25) is 0 Å². The van der Waals surface area contributed by atoms with Crippen molar-refractivity contribution in [1.82, 2.24) is 26.6 Å². The van der Waals surface area contributed by atoms with Crippen molar-refractivity contribution < 1.29 is 19.5 Å². The fraction of sp³-hybridized carbons (Fsp3) is 0.375. The van der Waals surface area contributed by atoms with Crippen LogP contribution in [0.5, 0.6) is 0 Å². The molecule has 0 spiro atoms. The van der Waals surface area contributed by atoms with Gasteiger partial charge >= 0.3 is 6.03 Å². The summed E-state index contributed by atoms with van der Waals surface area (Å²) in [6, 6.07) is -1.74. The molecule has 0 radical (unpaired) electrons. The van der Waals surface area contributed by atoms with Gasteiger partial charge in [0.15, 0.2) is 0 Å². The second-order valence-electron chi connectivity index (χ2n) is 3.71. The molecule has 3 atom stereocenters. The minimum Gasteiger partial charge on any atom is -0.358 e. The maximum Gasteiger partial charge on any atom is 0.323 e. The van der Waals surface area contributed by atoms with Gasteiger partial charge in [0, 0.05) is 6.20 Å². The topological polar surface area (TPSA) is 158 Å². The lowest BCUT2D eigenvalue weighted by Crippen LogP contribution is -2.69. The van der Waals surface area contributed by atoms with Crippen molar-refractivity contribution in [2.45, 2.75) is 18.6 Å². The second-order valence-corrected chi connectivity index (χ2v) is 3.71. The summed E-state index contributed by atoms with van der Waals surface area (Å²) in [7, 11) is 0. The van der Waals surface area contributed by atoms with E-state index in [0.717, 1.165) is 0 Å². The summed E-state index contributed by atoms with van der Waals surface area (Å²) in [5.74, 6) is -1.24. The van der Waals surface area contributed by atoms with Crippen LogP contribution in [-0.4, -0.2) is 41.5 Å². The zero-order valence-electron chi connectivity index (χ0n) is 9.06. The third-order valence-corrected chi connectivity index (χ3v) is 2.39. The fourth-order valence-electron chi connectivity index (χ4n) is 1.49. The Hall–Kier alpha value is -2.33. The van der Waals surface area contributed by atoms with Gasteiger partial charge in [-0.2, -0.15) is 0 Å². The molecule has 10 nitrogen and oxygen atoms in total. The van der Waals surface area contributed by atoms with E-state index in [1.54, 1.807) is 0 Å². The molecule has 2 heterocycles. The number of carbonyl (C=O) groups is 3. The van der Waals surface area contributed by atoms with Crippen LogP contribution in [0.4, 0.5) is 4.79 Å². The third-order valence-electron chi connectivity index (χ3n) is 2.39. The zero-order valence-corrected chi connectivity index (χ0v) is 9.06. The standard InChI is InChI=1S/C8H12N6O4/c9-3-4(12-8(18)14-6(3)16)11-2-1-10-7(17)13-5(2)15/h1,3-4,7,10-11,17H,9H2,(H,13,15)(H2,12,14,16,18). The van der Waals surface area contributed by atoms with Gasteiger partial charge < -0.3 is 32.1 Å². The first-order valence-corrected chi connectivity index (χ1v) is 5.06. The van der Waals surface area contributed by atoms with E-state index in [2.05, 4.69) is 21.3 Å². The van der Waals surface area contributed by atoms with Crippen LogP contribution in [0, 0.1) is 0 Å². The molecule has 0 aromatic carbocycles.